The molecule has 0 saturated heterocycles. The van der Waals surface area contributed by atoms with Gasteiger partial charge in [-0.25, -0.2) is 4.79 Å². The Bertz CT molecular complexity index is 620. The monoisotopic (exact) mass is 295 g/mol. The third kappa shape index (κ3) is 4.48. The number of ether oxygens (including phenoxy) is 1. The molecular weight excluding hydrogens is 274 g/mol. The number of rotatable bonds is 6. The zero-order valence-electron chi connectivity index (χ0n) is 13.0. The number of nitrogens with one attached hydrogen (secondary N) is 1. The van der Waals surface area contributed by atoms with Crippen molar-refractivity contribution in [1.82, 2.24) is 0 Å². The zero-order chi connectivity index (χ0) is 15.8. The van der Waals surface area contributed by atoms with E-state index in [0.29, 0.717) is 12.0 Å². The highest BCUT2D eigenvalue weighted by Gasteiger charge is 2.11. The topological polar surface area (TPSA) is 38.3 Å². The molecular formula is C19H21NO2. The van der Waals surface area contributed by atoms with Gasteiger partial charge in [0.05, 0.1) is 13.2 Å². The van der Waals surface area contributed by atoms with Crippen LogP contribution in [0.3, 0.4) is 0 Å². The normalized spacial score (nSPS) is 12.5. The van der Waals surface area contributed by atoms with Gasteiger partial charge < -0.3 is 10.1 Å². The Morgan fingerprint density at radius 1 is 1.09 bits per heavy atom. The van der Waals surface area contributed by atoms with Crippen molar-refractivity contribution in [3.8, 4) is 0 Å². The van der Waals surface area contributed by atoms with Gasteiger partial charge in [-0.2, -0.15) is 0 Å². The van der Waals surface area contributed by atoms with Crippen LogP contribution in [0.15, 0.2) is 72.3 Å². The molecule has 0 amide bonds. The minimum atomic E-state index is -0.286. The van der Waals surface area contributed by atoms with Gasteiger partial charge in [-0.1, -0.05) is 54.6 Å². The van der Waals surface area contributed by atoms with Gasteiger partial charge >= 0.3 is 5.97 Å². The molecule has 2 aromatic rings. The average Bonchev–Trinajstić information content (AvgIpc) is 2.59. The highest BCUT2D eigenvalue weighted by atomic mass is 16.5. The molecule has 2 aromatic carbocycles. The Morgan fingerprint density at radius 3 is 2.27 bits per heavy atom. The number of esters is 1. The van der Waals surface area contributed by atoms with Crippen LogP contribution >= 0.6 is 0 Å². The Balaban J connectivity index is 2.17. The molecule has 114 valence electrons. The van der Waals surface area contributed by atoms with Crippen molar-refractivity contribution >= 4 is 11.7 Å². The summed E-state index contributed by atoms with van der Waals surface area (Å²) in [6.45, 7) is 1.77. The SMILES string of the molecule is COC(=O)/C(C)=C/CC(Nc1ccccc1)c1ccccc1. The maximum absolute atomic E-state index is 11.5. The van der Waals surface area contributed by atoms with Crippen molar-refractivity contribution in [2.75, 3.05) is 12.4 Å². The van der Waals surface area contributed by atoms with E-state index in [1.807, 2.05) is 54.6 Å². The average molecular weight is 295 g/mol. The number of methoxy groups -OCH3 is 1. The standard InChI is InChI=1S/C19H21NO2/c1-15(19(21)22-2)13-14-18(16-9-5-3-6-10-16)20-17-11-7-4-8-12-17/h3-13,18,20H,14H2,1-2H3/b15-13+. The number of carbonyl (C=O) groups excluding carboxylic acids is 1. The van der Waals surface area contributed by atoms with E-state index in [0.717, 1.165) is 5.69 Å². The lowest BCUT2D eigenvalue weighted by atomic mass is 10.0. The first-order valence-corrected chi connectivity index (χ1v) is 7.32. The van der Waals surface area contributed by atoms with Crippen molar-refractivity contribution in [1.29, 1.82) is 0 Å². The summed E-state index contributed by atoms with van der Waals surface area (Å²) in [5.41, 5.74) is 2.86. The fourth-order valence-electron chi connectivity index (χ4n) is 2.24. The molecule has 0 bridgehead atoms. The van der Waals surface area contributed by atoms with E-state index in [1.54, 1.807) is 6.92 Å². The maximum Gasteiger partial charge on any atom is 0.333 e. The molecule has 0 fully saturated rings. The molecule has 0 heterocycles. The smallest absolute Gasteiger partial charge is 0.333 e. The van der Waals surface area contributed by atoms with Gasteiger partial charge in [0, 0.05) is 11.3 Å². The fourth-order valence-corrected chi connectivity index (χ4v) is 2.24. The molecule has 1 unspecified atom stereocenters. The molecule has 0 aliphatic heterocycles. The van der Waals surface area contributed by atoms with Crippen molar-refractivity contribution in [2.45, 2.75) is 19.4 Å². The van der Waals surface area contributed by atoms with E-state index >= 15 is 0 Å². The van der Waals surface area contributed by atoms with E-state index < -0.39 is 0 Å². The van der Waals surface area contributed by atoms with E-state index in [9.17, 15) is 4.79 Å². The van der Waals surface area contributed by atoms with E-state index in [4.69, 9.17) is 4.74 Å². The molecule has 0 spiro atoms. The zero-order valence-corrected chi connectivity index (χ0v) is 13.0. The number of hydrogen-bond acceptors (Lipinski definition) is 3. The Kier molecular flexibility index (Phi) is 5.78. The summed E-state index contributed by atoms with van der Waals surface area (Å²) in [4.78, 5) is 11.5. The third-order valence-electron chi connectivity index (χ3n) is 3.48. The maximum atomic E-state index is 11.5. The molecule has 0 aromatic heterocycles. The van der Waals surface area contributed by atoms with Crippen molar-refractivity contribution in [3.63, 3.8) is 0 Å². The van der Waals surface area contributed by atoms with E-state index in [2.05, 4.69) is 17.4 Å². The second-order valence-electron chi connectivity index (χ2n) is 5.09. The second kappa shape index (κ2) is 8.03. The number of para-hydroxylation sites is 1. The van der Waals surface area contributed by atoms with Gasteiger partial charge in [-0.3, -0.25) is 0 Å². The van der Waals surface area contributed by atoms with Crippen molar-refractivity contribution in [2.24, 2.45) is 0 Å². The Hall–Kier alpha value is -2.55. The van der Waals surface area contributed by atoms with Gasteiger partial charge in [0.15, 0.2) is 0 Å². The minimum Gasteiger partial charge on any atom is -0.466 e. The third-order valence-corrected chi connectivity index (χ3v) is 3.48. The van der Waals surface area contributed by atoms with Crippen LogP contribution in [0.4, 0.5) is 5.69 Å². The second-order valence-corrected chi connectivity index (χ2v) is 5.09. The first-order valence-electron chi connectivity index (χ1n) is 7.32. The first kappa shape index (κ1) is 15.8. The summed E-state index contributed by atoms with van der Waals surface area (Å²) in [7, 11) is 1.40. The van der Waals surface area contributed by atoms with Gasteiger partial charge in [-0.15, -0.1) is 0 Å². The Labute approximate surface area is 131 Å². The summed E-state index contributed by atoms with van der Waals surface area (Å²) in [5, 5.41) is 3.51. The number of carbonyl (C=O) groups is 1. The molecule has 0 aliphatic rings. The summed E-state index contributed by atoms with van der Waals surface area (Å²) >= 11 is 0. The highest BCUT2D eigenvalue weighted by Crippen LogP contribution is 2.23. The number of hydrogen-bond donors (Lipinski definition) is 1. The van der Waals surface area contributed by atoms with Crippen LogP contribution in [0.1, 0.15) is 24.9 Å². The van der Waals surface area contributed by atoms with Gasteiger partial charge in [-0.05, 0) is 31.0 Å². The first-order chi connectivity index (χ1) is 10.7. The lowest BCUT2D eigenvalue weighted by molar-refractivity contribution is -0.136. The lowest BCUT2D eigenvalue weighted by Gasteiger charge is -2.19. The van der Waals surface area contributed by atoms with Crippen LogP contribution in [0.5, 0.6) is 0 Å². The molecule has 2 rings (SSSR count). The largest absolute Gasteiger partial charge is 0.466 e. The van der Waals surface area contributed by atoms with Crippen LogP contribution in [-0.4, -0.2) is 13.1 Å². The van der Waals surface area contributed by atoms with Crippen LogP contribution in [0.2, 0.25) is 0 Å². The molecule has 1 atom stereocenters. The summed E-state index contributed by atoms with van der Waals surface area (Å²) in [5.74, 6) is -0.286. The van der Waals surface area contributed by atoms with Crippen LogP contribution in [-0.2, 0) is 9.53 Å². The molecule has 3 heteroatoms. The van der Waals surface area contributed by atoms with Crippen LogP contribution in [0.25, 0.3) is 0 Å². The fraction of sp³-hybridized carbons (Fsp3) is 0.211. The molecule has 22 heavy (non-hydrogen) atoms. The van der Waals surface area contributed by atoms with Crippen molar-refractivity contribution in [3.05, 3.63) is 77.9 Å². The summed E-state index contributed by atoms with van der Waals surface area (Å²) in [6.07, 6.45) is 2.62. The highest BCUT2D eigenvalue weighted by molar-refractivity contribution is 5.87. The molecule has 3 nitrogen and oxygen atoms in total. The quantitative estimate of drug-likeness (QED) is 0.636. The Morgan fingerprint density at radius 2 is 1.68 bits per heavy atom. The van der Waals surface area contributed by atoms with E-state index in [-0.39, 0.29) is 12.0 Å². The van der Waals surface area contributed by atoms with Gasteiger partial charge in [0.1, 0.15) is 0 Å². The molecule has 0 aliphatic carbocycles. The van der Waals surface area contributed by atoms with Crippen LogP contribution < -0.4 is 5.32 Å². The predicted octanol–water partition coefficient (Wildman–Crippen LogP) is 4.35. The number of benzene rings is 2. The van der Waals surface area contributed by atoms with Crippen LogP contribution in [0, 0.1) is 0 Å². The molecule has 0 radical (unpaired) electrons. The predicted molar refractivity (Wildman–Crippen MR) is 89.6 cm³/mol. The molecule has 1 N–H and O–H groups in total. The lowest BCUT2D eigenvalue weighted by Crippen LogP contribution is -2.11. The number of anilines is 1. The summed E-state index contributed by atoms with van der Waals surface area (Å²) < 4.78 is 4.74. The minimum absolute atomic E-state index is 0.100. The molecule has 0 saturated carbocycles. The van der Waals surface area contributed by atoms with Crippen molar-refractivity contribution < 1.29 is 9.53 Å². The van der Waals surface area contributed by atoms with E-state index in [1.165, 1.54) is 12.7 Å². The van der Waals surface area contributed by atoms with Gasteiger partial charge in [0.2, 0.25) is 0 Å². The van der Waals surface area contributed by atoms with Gasteiger partial charge in [0.25, 0.3) is 0 Å². The summed E-state index contributed by atoms with van der Waals surface area (Å²) in [6, 6.07) is 20.4.